The summed E-state index contributed by atoms with van der Waals surface area (Å²) >= 11 is 0. The lowest BCUT2D eigenvalue weighted by Gasteiger charge is -2.34. The third kappa shape index (κ3) is 8.77. The van der Waals surface area contributed by atoms with Gasteiger partial charge in [0, 0.05) is 24.9 Å². The Morgan fingerprint density at radius 1 is 0.795 bits per heavy atom. The largest absolute Gasteiger partial charge is 0.497 e. The molecule has 7 heteroatoms. The number of carbonyl (C=O) groups is 2. The van der Waals surface area contributed by atoms with Crippen molar-refractivity contribution in [2.24, 2.45) is 0 Å². The van der Waals surface area contributed by atoms with E-state index in [0.717, 1.165) is 16.7 Å². The number of aryl methyl sites for hydroxylation is 1. The monoisotopic (exact) mass is 532 g/mol. The molecule has 2 amide bonds. The lowest BCUT2D eigenvalue weighted by molar-refractivity contribution is -0.141. The van der Waals surface area contributed by atoms with E-state index >= 15 is 0 Å². The predicted octanol–water partition coefficient (Wildman–Crippen LogP) is 5.20. The van der Waals surface area contributed by atoms with E-state index in [-0.39, 0.29) is 24.8 Å². The van der Waals surface area contributed by atoms with Gasteiger partial charge in [-0.1, -0.05) is 48.5 Å². The molecular formula is C32H40N2O5. The van der Waals surface area contributed by atoms with Gasteiger partial charge in [0.1, 0.15) is 11.8 Å². The molecule has 3 aromatic rings. The first-order valence-corrected chi connectivity index (χ1v) is 13.1. The Hall–Kier alpha value is -4.00. The standard InChI is InChI=1S/C32H40N2O5/c1-32(2,3)33-31(36)27(20-23-11-8-7-9-12-23)34(22-25-13-10-14-26(19-25)37-4)30(35)18-16-24-15-17-28(38-5)29(21-24)39-6/h7-15,17,19,21,27H,16,18,20,22H2,1-6H3,(H,33,36)/t27-/m1/s1. The van der Waals surface area contributed by atoms with Gasteiger partial charge in [-0.05, 0) is 68.1 Å². The number of hydrogen-bond acceptors (Lipinski definition) is 5. The minimum atomic E-state index is -0.698. The Morgan fingerprint density at radius 2 is 1.49 bits per heavy atom. The molecule has 3 rings (SSSR count). The number of ether oxygens (including phenoxy) is 3. The molecule has 1 N–H and O–H groups in total. The van der Waals surface area contributed by atoms with Gasteiger partial charge in [0.2, 0.25) is 11.8 Å². The Labute approximate surface area is 232 Å². The van der Waals surface area contributed by atoms with Gasteiger partial charge in [-0.2, -0.15) is 0 Å². The van der Waals surface area contributed by atoms with Crippen molar-refractivity contribution >= 4 is 11.8 Å². The van der Waals surface area contributed by atoms with Gasteiger partial charge in [-0.3, -0.25) is 9.59 Å². The van der Waals surface area contributed by atoms with E-state index in [0.29, 0.717) is 30.1 Å². The highest BCUT2D eigenvalue weighted by atomic mass is 16.5. The molecule has 0 unspecified atom stereocenters. The predicted molar refractivity (Wildman–Crippen MR) is 153 cm³/mol. The summed E-state index contributed by atoms with van der Waals surface area (Å²) < 4.78 is 16.2. The molecule has 0 bridgehead atoms. The zero-order chi connectivity index (χ0) is 28.4. The van der Waals surface area contributed by atoms with Crippen LogP contribution in [0.3, 0.4) is 0 Å². The van der Waals surface area contributed by atoms with Gasteiger partial charge >= 0.3 is 0 Å². The maximum absolute atomic E-state index is 13.9. The first-order chi connectivity index (χ1) is 18.6. The van der Waals surface area contributed by atoms with Gasteiger partial charge < -0.3 is 24.4 Å². The van der Waals surface area contributed by atoms with E-state index in [1.54, 1.807) is 26.2 Å². The van der Waals surface area contributed by atoms with Crippen LogP contribution in [0.15, 0.2) is 72.8 Å². The van der Waals surface area contributed by atoms with Crippen molar-refractivity contribution in [3.63, 3.8) is 0 Å². The molecule has 1 atom stereocenters. The smallest absolute Gasteiger partial charge is 0.243 e. The molecule has 208 valence electrons. The number of carbonyl (C=O) groups excluding carboxylic acids is 2. The van der Waals surface area contributed by atoms with Crippen LogP contribution in [0.4, 0.5) is 0 Å². The van der Waals surface area contributed by atoms with Crippen LogP contribution in [-0.4, -0.2) is 49.6 Å². The van der Waals surface area contributed by atoms with Gasteiger partial charge in [0.25, 0.3) is 0 Å². The topological polar surface area (TPSA) is 77.1 Å². The van der Waals surface area contributed by atoms with Crippen LogP contribution in [0.5, 0.6) is 17.2 Å². The Balaban J connectivity index is 1.94. The summed E-state index contributed by atoms with van der Waals surface area (Å²) in [7, 11) is 4.79. The zero-order valence-electron chi connectivity index (χ0n) is 23.8. The molecule has 0 heterocycles. The van der Waals surface area contributed by atoms with Crippen molar-refractivity contribution in [2.45, 2.75) is 58.2 Å². The van der Waals surface area contributed by atoms with Crippen LogP contribution in [0.2, 0.25) is 0 Å². The van der Waals surface area contributed by atoms with Crippen LogP contribution in [-0.2, 0) is 29.0 Å². The summed E-state index contributed by atoms with van der Waals surface area (Å²) in [5.41, 5.74) is 2.36. The summed E-state index contributed by atoms with van der Waals surface area (Å²) in [5.74, 6) is 1.64. The van der Waals surface area contributed by atoms with E-state index < -0.39 is 11.6 Å². The number of methoxy groups -OCH3 is 3. The number of rotatable bonds is 12. The van der Waals surface area contributed by atoms with Crippen LogP contribution in [0.25, 0.3) is 0 Å². The summed E-state index contributed by atoms with van der Waals surface area (Å²) in [4.78, 5) is 29.3. The fourth-order valence-electron chi connectivity index (χ4n) is 4.41. The molecule has 0 aromatic heterocycles. The minimum absolute atomic E-state index is 0.113. The molecule has 0 aliphatic heterocycles. The molecule has 39 heavy (non-hydrogen) atoms. The highest BCUT2D eigenvalue weighted by Crippen LogP contribution is 2.28. The van der Waals surface area contributed by atoms with E-state index in [1.807, 2.05) is 93.6 Å². The lowest BCUT2D eigenvalue weighted by Crippen LogP contribution is -2.54. The van der Waals surface area contributed by atoms with Crippen molar-refractivity contribution in [3.8, 4) is 17.2 Å². The fraction of sp³-hybridized carbons (Fsp3) is 0.375. The Kier molecular flexibility index (Phi) is 10.4. The molecule has 0 aliphatic rings. The summed E-state index contributed by atoms with van der Waals surface area (Å²) in [6.45, 7) is 6.10. The summed E-state index contributed by atoms with van der Waals surface area (Å²) in [6, 6.07) is 22.3. The van der Waals surface area contributed by atoms with Crippen molar-refractivity contribution in [1.29, 1.82) is 0 Å². The molecule has 7 nitrogen and oxygen atoms in total. The van der Waals surface area contributed by atoms with Crippen molar-refractivity contribution < 1.29 is 23.8 Å². The van der Waals surface area contributed by atoms with Gasteiger partial charge in [-0.25, -0.2) is 0 Å². The maximum Gasteiger partial charge on any atom is 0.243 e. The molecular weight excluding hydrogens is 492 g/mol. The average molecular weight is 533 g/mol. The van der Waals surface area contributed by atoms with Crippen LogP contribution in [0.1, 0.15) is 43.9 Å². The highest BCUT2D eigenvalue weighted by molar-refractivity contribution is 5.88. The lowest BCUT2D eigenvalue weighted by atomic mass is 9.99. The van der Waals surface area contributed by atoms with Gasteiger partial charge in [0.15, 0.2) is 11.5 Å². The number of amides is 2. The average Bonchev–Trinajstić information content (AvgIpc) is 2.93. The molecule has 0 spiro atoms. The SMILES string of the molecule is COc1cccc(CN(C(=O)CCc2ccc(OC)c(OC)c2)[C@H](Cc2ccccc2)C(=O)NC(C)(C)C)c1. The second kappa shape index (κ2) is 13.7. The fourth-order valence-corrected chi connectivity index (χ4v) is 4.41. The van der Waals surface area contributed by atoms with E-state index in [4.69, 9.17) is 14.2 Å². The van der Waals surface area contributed by atoms with Gasteiger partial charge in [-0.15, -0.1) is 0 Å². The normalized spacial score (nSPS) is 11.8. The van der Waals surface area contributed by atoms with Crippen LogP contribution >= 0.6 is 0 Å². The second-order valence-electron chi connectivity index (χ2n) is 10.5. The van der Waals surface area contributed by atoms with Crippen molar-refractivity contribution in [1.82, 2.24) is 10.2 Å². The summed E-state index contributed by atoms with van der Waals surface area (Å²) in [5, 5.41) is 3.10. The third-order valence-electron chi connectivity index (χ3n) is 6.33. The molecule has 0 saturated carbocycles. The molecule has 0 aliphatic carbocycles. The van der Waals surface area contributed by atoms with Crippen molar-refractivity contribution in [2.75, 3.05) is 21.3 Å². The van der Waals surface area contributed by atoms with Crippen molar-refractivity contribution in [3.05, 3.63) is 89.5 Å². The quantitative estimate of drug-likeness (QED) is 0.347. The molecule has 3 aromatic carbocycles. The first-order valence-electron chi connectivity index (χ1n) is 13.1. The van der Waals surface area contributed by atoms with Gasteiger partial charge in [0.05, 0.1) is 21.3 Å². The Morgan fingerprint density at radius 3 is 2.13 bits per heavy atom. The number of benzene rings is 3. The number of hydrogen-bond donors (Lipinski definition) is 1. The van der Waals surface area contributed by atoms with E-state index in [9.17, 15) is 9.59 Å². The molecule has 0 radical (unpaired) electrons. The Bertz CT molecular complexity index is 1240. The maximum atomic E-state index is 13.9. The van der Waals surface area contributed by atoms with E-state index in [1.165, 1.54) is 0 Å². The second-order valence-corrected chi connectivity index (χ2v) is 10.5. The minimum Gasteiger partial charge on any atom is -0.497 e. The van der Waals surface area contributed by atoms with Crippen LogP contribution in [0, 0.1) is 0 Å². The first kappa shape index (κ1) is 29.6. The summed E-state index contributed by atoms with van der Waals surface area (Å²) in [6.07, 6.45) is 1.12. The van der Waals surface area contributed by atoms with Crippen LogP contribution < -0.4 is 19.5 Å². The third-order valence-corrected chi connectivity index (χ3v) is 6.33. The molecule has 0 saturated heterocycles. The number of nitrogens with one attached hydrogen (secondary N) is 1. The molecule has 0 fully saturated rings. The zero-order valence-corrected chi connectivity index (χ0v) is 23.8. The van der Waals surface area contributed by atoms with E-state index in [2.05, 4.69) is 5.32 Å². The number of nitrogens with zero attached hydrogens (tertiary/aromatic N) is 1. The highest BCUT2D eigenvalue weighted by Gasteiger charge is 2.32.